The molecule has 3 aromatic heterocycles. The van der Waals surface area contributed by atoms with Crippen molar-refractivity contribution in [2.45, 2.75) is 13.3 Å². The van der Waals surface area contributed by atoms with Gasteiger partial charge in [0, 0.05) is 28.9 Å². The maximum atomic E-state index is 11.5. The Morgan fingerprint density at radius 3 is 2.88 bits per heavy atom. The number of anilines is 2. The van der Waals surface area contributed by atoms with Crippen LogP contribution in [-0.2, 0) is 6.42 Å². The van der Waals surface area contributed by atoms with Gasteiger partial charge in [-0.25, -0.2) is 9.97 Å². The minimum absolute atomic E-state index is 0.417. The number of aromatic amines is 1. The quantitative estimate of drug-likeness (QED) is 0.511. The molecule has 0 unspecified atom stereocenters. The summed E-state index contributed by atoms with van der Waals surface area (Å²) in [7, 11) is 0. The number of aromatic nitrogens is 3. The summed E-state index contributed by atoms with van der Waals surface area (Å²) < 4.78 is 5.31. The summed E-state index contributed by atoms with van der Waals surface area (Å²) in [5.74, 6) is 0.946. The molecule has 0 aliphatic rings. The Labute approximate surface area is 149 Å². The predicted octanol–water partition coefficient (Wildman–Crippen LogP) is 3.62. The Morgan fingerprint density at radius 2 is 2.15 bits per heavy atom. The van der Waals surface area contributed by atoms with Crippen LogP contribution in [0.5, 0.6) is 0 Å². The molecule has 4 N–H and O–H groups in total. The predicted molar refractivity (Wildman–Crippen MR) is 99.2 cm³/mol. The van der Waals surface area contributed by atoms with Crippen LogP contribution in [0.25, 0.3) is 22.4 Å². The second kappa shape index (κ2) is 6.36. The maximum absolute atomic E-state index is 11.5. The third kappa shape index (κ3) is 2.90. The van der Waals surface area contributed by atoms with Gasteiger partial charge in [-0.15, -0.1) is 0 Å². The molecular weight excluding hydrogens is 330 g/mol. The van der Waals surface area contributed by atoms with Crippen molar-refractivity contribution < 1.29 is 9.21 Å². The zero-order valence-electron chi connectivity index (χ0n) is 14.1. The number of nitrogens with zero attached hydrogens (tertiary/aromatic N) is 2. The minimum atomic E-state index is -0.417. The highest BCUT2D eigenvalue weighted by molar-refractivity contribution is 5.95. The first kappa shape index (κ1) is 15.9. The summed E-state index contributed by atoms with van der Waals surface area (Å²) >= 11 is 0. The Morgan fingerprint density at radius 1 is 1.27 bits per heavy atom. The average Bonchev–Trinajstić information content (AvgIpc) is 3.30. The normalized spacial score (nSPS) is 11.0. The van der Waals surface area contributed by atoms with Crippen molar-refractivity contribution in [2.24, 2.45) is 5.73 Å². The number of primary amides is 1. The molecule has 0 aliphatic heterocycles. The first-order valence-electron chi connectivity index (χ1n) is 8.21. The van der Waals surface area contributed by atoms with E-state index >= 15 is 0 Å². The molecule has 3 heterocycles. The molecule has 4 rings (SSSR count). The highest BCUT2D eigenvalue weighted by atomic mass is 16.3. The van der Waals surface area contributed by atoms with Crippen molar-refractivity contribution in [2.75, 3.05) is 5.32 Å². The van der Waals surface area contributed by atoms with E-state index in [4.69, 9.17) is 10.2 Å². The molecule has 0 atom stereocenters. The van der Waals surface area contributed by atoms with Gasteiger partial charge in [-0.3, -0.25) is 4.79 Å². The van der Waals surface area contributed by atoms with Crippen LogP contribution in [0.15, 0.2) is 53.5 Å². The summed E-state index contributed by atoms with van der Waals surface area (Å²) in [6, 6.07) is 9.35. The zero-order valence-corrected chi connectivity index (χ0v) is 14.1. The number of hydrogen-bond acceptors (Lipinski definition) is 5. The molecule has 1 amide bonds. The van der Waals surface area contributed by atoms with E-state index in [1.807, 2.05) is 31.2 Å². The van der Waals surface area contributed by atoms with Crippen molar-refractivity contribution >= 4 is 28.3 Å². The molecule has 4 aromatic rings. The van der Waals surface area contributed by atoms with Crippen LogP contribution < -0.4 is 11.1 Å². The van der Waals surface area contributed by atoms with Crippen molar-refractivity contribution in [1.29, 1.82) is 0 Å². The van der Waals surface area contributed by atoms with Crippen molar-refractivity contribution in [1.82, 2.24) is 15.0 Å². The van der Waals surface area contributed by atoms with E-state index < -0.39 is 5.91 Å². The number of nitrogens with one attached hydrogen (secondary N) is 2. The first-order chi connectivity index (χ1) is 12.6. The summed E-state index contributed by atoms with van der Waals surface area (Å²) in [5, 5.41) is 4.23. The van der Waals surface area contributed by atoms with Crippen LogP contribution in [0.3, 0.4) is 0 Å². The Kier molecular flexibility index (Phi) is 3.89. The van der Waals surface area contributed by atoms with E-state index in [1.165, 1.54) is 6.39 Å². The van der Waals surface area contributed by atoms with Crippen LogP contribution in [0.4, 0.5) is 11.5 Å². The largest absolute Gasteiger partial charge is 0.442 e. The molecule has 0 spiro atoms. The number of fused-ring (bicyclic) bond motifs is 1. The maximum Gasteiger partial charge on any atom is 0.248 e. The number of rotatable bonds is 5. The Hall–Kier alpha value is -3.61. The summed E-state index contributed by atoms with van der Waals surface area (Å²) in [6.07, 6.45) is 5.56. The molecule has 0 fully saturated rings. The smallest absolute Gasteiger partial charge is 0.248 e. The van der Waals surface area contributed by atoms with Crippen LogP contribution >= 0.6 is 0 Å². The van der Waals surface area contributed by atoms with E-state index in [0.717, 1.165) is 34.3 Å². The number of aryl methyl sites for hydroxylation is 1. The van der Waals surface area contributed by atoms with E-state index in [0.29, 0.717) is 17.1 Å². The number of oxazole rings is 1. The summed E-state index contributed by atoms with van der Waals surface area (Å²) in [5.41, 5.74) is 9.47. The van der Waals surface area contributed by atoms with Gasteiger partial charge in [0.15, 0.2) is 12.2 Å². The van der Waals surface area contributed by atoms with Gasteiger partial charge in [-0.1, -0.05) is 6.92 Å². The van der Waals surface area contributed by atoms with Crippen LogP contribution in [0, 0.1) is 0 Å². The lowest BCUT2D eigenvalue weighted by molar-refractivity contribution is 0.0999. The molecule has 0 saturated carbocycles. The molecule has 26 heavy (non-hydrogen) atoms. The number of carbonyl (C=O) groups is 1. The van der Waals surface area contributed by atoms with Crippen LogP contribution in [-0.4, -0.2) is 20.9 Å². The monoisotopic (exact) mass is 347 g/mol. The van der Waals surface area contributed by atoms with E-state index in [2.05, 4.69) is 20.3 Å². The van der Waals surface area contributed by atoms with Gasteiger partial charge in [0.05, 0.1) is 17.4 Å². The van der Waals surface area contributed by atoms with Crippen molar-refractivity contribution in [3.63, 3.8) is 0 Å². The number of hydrogen-bond donors (Lipinski definition) is 3. The lowest BCUT2D eigenvalue weighted by Gasteiger charge is -2.10. The second-order valence-corrected chi connectivity index (χ2v) is 5.92. The first-order valence-corrected chi connectivity index (χ1v) is 8.21. The Balaban J connectivity index is 1.64. The Bertz CT molecular complexity index is 1080. The number of H-pyrrole nitrogens is 1. The van der Waals surface area contributed by atoms with Crippen LogP contribution in [0.2, 0.25) is 0 Å². The highest BCUT2D eigenvalue weighted by Gasteiger charge is 2.10. The van der Waals surface area contributed by atoms with E-state index in [1.54, 1.807) is 18.5 Å². The molecule has 0 saturated heterocycles. The number of benzene rings is 1. The molecule has 7 nitrogen and oxygen atoms in total. The standard InChI is InChI=1S/C19H17N5O2/c1-2-11-5-13(3-4-14(11)19(20)25)23-18-7-15-12(8-22-18)6-16(24-15)17-9-21-10-26-17/h3-10,24H,2H2,1H3,(H2,20,25)(H,22,23). The number of pyridine rings is 1. The van der Waals surface area contributed by atoms with Gasteiger partial charge in [0.2, 0.25) is 5.91 Å². The average molecular weight is 347 g/mol. The topological polar surface area (TPSA) is 110 Å². The second-order valence-electron chi connectivity index (χ2n) is 5.92. The minimum Gasteiger partial charge on any atom is -0.442 e. The third-order valence-electron chi connectivity index (χ3n) is 4.23. The fourth-order valence-corrected chi connectivity index (χ4v) is 2.93. The number of amides is 1. The molecule has 7 heteroatoms. The van der Waals surface area contributed by atoms with Gasteiger partial charge in [-0.05, 0) is 36.2 Å². The van der Waals surface area contributed by atoms with Crippen molar-refractivity contribution in [3.8, 4) is 11.5 Å². The van der Waals surface area contributed by atoms with E-state index in [9.17, 15) is 4.79 Å². The SMILES string of the molecule is CCc1cc(Nc2cc3[nH]c(-c4cnco4)cc3cn2)ccc1C(N)=O. The molecule has 0 bridgehead atoms. The molecular formula is C19H17N5O2. The lowest BCUT2D eigenvalue weighted by Crippen LogP contribution is -2.13. The zero-order chi connectivity index (χ0) is 18.1. The summed E-state index contributed by atoms with van der Waals surface area (Å²) in [6.45, 7) is 1.99. The molecule has 130 valence electrons. The molecule has 1 aromatic carbocycles. The lowest BCUT2D eigenvalue weighted by atomic mass is 10.0. The van der Waals surface area contributed by atoms with E-state index in [-0.39, 0.29) is 0 Å². The van der Waals surface area contributed by atoms with Crippen LogP contribution in [0.1, 0.15) is 22.8 Å². The third-order valence-corrected chi connectivity index (χ3v) is 4.23. The fraction of sp³-hybridized carbons (Fsp3) is 0.105. The highest BCUT2D eigenvalue weighted by Crippen LogP contribution is 2.26. The fourth-order valence-electron chi connectivity index (χ4n) is 2.93. The number of nitrogens with two attached hydrogens (primary N) is 1. The summed E-state index contributed by atoms with van der Waals surface area (Å²) in [4.78, 5) is 23.1. The van der Waals surface area contributed by atoms with Gasteiger partial charge in [0.1, 0.15) is 5.82 Å². The van der Waals surface area contributed by atoms with Gasteiger partial charge in [0.25, 0.3) is 0 Å². The van der Waals surface area contributed by atoms with Gasteiger partial charge in [-0.2, -0.15) is 0 Å². The van der Waals surface area contributed by atoms with Gasteiger partial charge >= 0.3 is 0 Å². The van der Waals surface area contributed by atoms with Gasteiger partial charge < -0.3 is 20.5 Å². The molecule has 0 radical (unpaired) electrons. The van der Waals surface area contributed by atoms with Crippen molar-refractivity contribution in [3.05, 3.63) is 60.2 Å². The molecule has 0 aliphatic carbocycles. The number of carbonyl (C=O) groups excluding carboxylic acids is 1.